The van der Waals surface area contributed by atoms with Gasteiger partial charge in [0.25, 0.3) is 0 Å². The van der Waals surface area contributed by atoms with Crippen molar-refractivity contribution >= 4 is 5.78 Å². The lowest BCUT2D eigenvalue weighted by Crippen LogP contribution is -2.51. The number of allylic oxidation sites excluding steroid dienone is 2. The molecule has 0 saturated heterocycles. The summed E-state index contributed by atoms with van der Waals surface area (Å²) in [5, 5.41) is 0. The number of carbonyl (C=O) groups excluding carboxylic acids is 1. The third kappa shape index (κ3) is 1.67. The number of rotatable bonds is 0. The van der Waals surface area contributed by atoms with Crippen LogP contribution in [-0.4, -0.2) is 5.78 Å². The van der Waals surface area contributed by atoms with Crippen LogP contribution in [0.1, 0.15) is 72.1 Å². The molecule has 0 N–H and O–H groups in total. The maximum atomic E-state index is 12.4. The Hall–Kier alpha value is -0.590. The van der Waals surface area contributed by atoms with Gasteiger partial charge in [-0.3, -0.25) is 4.79 Å². The predicted octanol–water partition coefficient (Wildman–Crippen LogP) is 5.15. The number of fused-ring (bicyclic) bond motifs is 5. The summed E-state index contributed by atoms with van der Waals surface area (Å²) >= 11 is 0. The Balaban J connectivity index is 1.74. The van der Waals surface area contributed by atoms with Gasteiger partial charge in [-0.25, -0.2) is 0 Å². The number of ketones is 1. The summed E-state index contributed by atoms with van der Waals surface area (Å²) < 4.78 is 0. The van der Waals surface area contributed by atoms with Gasteiger partial charge in [0.2, 0.25) is 0 Å². The lowest BCUT2D eigenvalue weighted by molar-refractivity contribution is -0.132. The van der Waals surface area contributed by atoms with Crippen LogP contribution in [0.15, 0.2) is 11.6 Å². The van der Waals surface area contributed by atoms with Gasteiger partial charge in [-0.1, -0.05) is 32.4 Å². The zero-order valence-corrected chi connectivity index (χ0v) is 14.0. The molecule has 3 fully saturated rings. The van der Waals surface area contributed by atoms with Crippen LogP contribution in [0.3, 0.4) is 0 Å². The minimum Gasteiger partial charge on any atom is -0.299 e. The molecule has 1 heteroatoms. The third-order valence-corrected chi connectivity index (χ3v) is 8.35. The molecule has 6 atom stereocenters. The minimum atomic E-state index is 0.0285. The molecule has 0 unspecified atom stereocenters. The van der Waals surface area contributed by atoms with E-state index in [1.165, 1.54) is 38.5 Å². The summed E-state index contributed by atoms with van der Waals surface area (Å²) in [5.41, 5.74) is 2.24. The molecule has 3 saturated carbocycles. The SMILES string of the molecule is C[C@H]1CCCC2=CC[C@@H]3[C@H](CC[C@]4(C)C(=O)CC[C@@H]34)[C@]21C. The van der Waals surface area contributed by atoms with E-state index in [2.05, 4.69) is 26.8 Å². The van der Waals surface area contributed by atoms with Crippen LogP contribution in [0, 0.1) is 34.5 Å². The third-order valence-electron chi connectivity index (χ3n) is 8.35. The van der Waals surface area contributed by atoms with Crippen molar-refractivity contribution in [2.24, 2.45) is 34.5 Å². The fraction of sp³-hybridized carbons (Fsp3) is 0.850. The zero-order valence-electron chi connectivity index (χ0n) is 14.0. The monoisotopic (exact) mass is 286 g/mol. The first-order valence-corrected chi connectivity index (χ1v) is 9.20. The number of Topliss-reactive ketones (excluding diaryl/α,β-unsaturated/α-hetero) is 1. The second kappa shape index (κ2) is 4.46. The smallest absolute Gasteiger partial charge is 0.139 e. The van der Waals surface area contributed by atoms with Crippen LogP contribution in [-0.2, 0) is 4.79 Å². The first-order valence-electron chi connectivity index (χ1n) is 9.20. The first kappa shape index (κ1) is 14.0. The van der Waals surface area contributed by atoms with Gasteiger partial charge in [0.05, 0.1) is 0 Å². The normalized spacial score (nSPS) is 52.7. The second-order valence-corrected chi connectivity index (χ2v) is 8.84. The summed E-state index contributed by atoms with van der Waals surface area (Å²) in [6.45, 7) is 7.34. The topological polar surface area (TPSA) is 17.1 Å². The van der Waals surface area contributed by atoms with Crippen molar-refractivity contribution in [2.75, 3.05) is 0 Å². The van der Waals surface area contributed by atoms with Crippen molar-refractivity contribution in [3.63, 3.8) is 0 Å². The van der Waals surface area contributed by atoms with Gasteiger partial charge in [-0.2, -0.15) is 0 Å². The highest BCUT2D eigenvalue weighted by atomic mass is 16.1. The Morgan fingerprint density at radius 3 is 2.71 bits per heavy atom. The predicted molar refractivity (Wildman–Crippen MR) is 85.9 cm³/mol. The van der Waals surface area contributed by atoms with E-state index in [1.807, 2.05) is 0 Å². The molecule has 1 nitrogen and oxygen atoms in total. The van der Waals surface area contributed by atoms with Crippen LogP contribution < -0.4 is 0 Å². The Kier molecular flexibility index (Phi) is 2.98. The van der Waals surface area contributed by atoms with E-state index in [4.69, 9.17) is 0 Å². The molecule has 0 bridgehead atoms. The molecular formula is C20H30O. The summed E-state index contributed by atoms with van der Waals surface area (Å²) in [4.78, 5) is 12.4. The van der Waals surface area contributed by atoms with E-state index in [1.54, 1.807) is 5.57 Å². The Labute approximate surface area is 129 Å². The van der Waals surface area contributed by atoms with Gasteiger partial charge in [-0.15, -0.1) is 0 Å². The average molecular weight is 286 g/mol. The molecule has 0 aromatic rings. The molecule has 0 amide bonds. The van der Waals surface area contributed by atoms with Gasteiger partial charge in [0.1, 0.15) is 5.78 Å². The van der Waals surface area contributed by atoms with Crippen LogP contribution in [0.2, 0.25) is 0 Å². The second-order valence-electron chi connectivity index (χ2n) is 8.84. The van der Waals surface area contributed by atoms with E-state index in [0.29, 0.717) is 17.1 Å². The van der Waals surface area contributed by atoms with Crippen molar-refractivity contribution < 1.29 is 4.79 Å². The van der Waals surface area contributed by atoms with E-state index < -0.39 is 0 Å². The standard InChI is InChI=1S/C20H30O/c1-13-5-4-6-14-7-8-15-16-9-10-18(21)19(16,2)12-11-17(15)20(13,14)3/h7,13,15-17H,4-6,8-12H2,1-3H3/t13-,15-,16-,17-,19-,20-/m0/s1. The van der Waals surface area contributed by atoms with Crippen LogP contribution in [0.4, 0.5) is 0 Å². The molecule has 0 spiro atoms. The number of hydrogen-bond acceptors (Lipinski definition) is 1. The molecule has 0 aromatic carbocycles. The van der Waals surface area contributed by atoms with Crippen molar-refractivity contribution in [3.05, 3.63) is 11.6 Å². The van der Waals surface area contributed by atoms with Crippen molar-refractivity contribution in [3.8, 4) is 0 Å². The van der Waals surface area contributed by atoms with Gasteiger partial charge < -0.3 is 0 Å². The van der Waals surface area contributed by atoms with E-state index >= 15 is 0 Å². The van der Waals surface area contributed by atoms with Crippen molar-refractivity contribution in [2.45, 2.75) is 72.1 Å². The molecule has 116 valence electrons. The highest BCUT2D eigenvalue weighted by Gasteiger charge is 2.59. The quantitative estimate of drug-likeness (QED) is 0.562. The maximum Gasteiger partial charge on any atom is 0.139 e. The minimum absolute atomic E-state index is 0.0285. The van der Waals surface area contributed by atoms with E-state index in [9.17, 15) is 4.79 Å². The van der Waals surface area contributed by atoms with Crippen LogP contribution in [0.25, 0.3) is 0 Å². The summed E-state index contributed by atoms with van der Waals surface area (Å²) in [6.07, 6.45) is 12.5. The highest BCUT2D eigenvalue weighted by Crippen LogP contribution is 2.65. The zero-order chi connectivity index (χ0) is 14.8. The number of carbonyl (C=O) groups is 1. The first-order chi connectivity index (χ1) is 9.98. The van der Waals surface area contributed by atoms with E-state index in [0.717, 1.165) is 30.6 Å². The molecule has 4 aliphatic rings. The summed E-state index contributed by atoms with van der Waals surface area (Å²) in [6, 6.07) is 0. The van der Waals surface area contributed by atoms with E-state index in [-0.39, 0.29) is 5.41 Å². The average Bonchev–Trinajstić information content (AvgIpc) is 2.76. The number of hydrogen-bond donors (Lipinski definition) is 0. The summed E-state index contributed by atoms with van der Waals surface area (Å²) in [7, 11) is 0. The van der Waals surface area contributed by atoms with Gasteiger partial charge in [0.15, 0.2) is 0 Å². The Morgan fingerprint density at radius 2 is 1.90 bits per heavy atom. The lowest BCUT2D eigenvalue weighted by Gasteiger charge is -2.58. The van der Waals surface area contributed by atoms with Crippen LogP contribution >= 0.6 is 0 Å². The highest BCUT2D eigenvalue weighted by molar-refractivity contribution is 5.87. The fourth-order valence-electron chi connectivity index (χ4n) is 6.82. The van der Waals surface area contributed by atoms with Crippen molar-refractivity contribution in [1.82, 2.24) is 0 Å². The molecule has 4 aliphatic carbocycles. The summed E-state index contributed by atoms with van der Waals surface area (Å²) in [5.74, 6) is 3.70. The van der Waals surface area contributed by atoms with Crippen LogP contribution in [0.5, 0.6) is 0 Å². The molecule has 4 rings (SSSR count). The van der Waals surface area contributed by atoms with Gasteiger partial charge >= 0.3 is 0 Å². The van der Waals surface area contributed by atoms with Gasteiger partial charge in [0, 0.05) is 11.8 Å². The molecule has 0 aliphatic heterocycles. The molecule has 0 heterocycles. The lowest BCUT2D eigenvalue weighted by atomic mass is 9.46. The Morgan fingerprint density at radius 1 is 1.10 bits per heavy atom. The molecule has 0 radical (unpaired) electrons. The Bertz CT molecular complexity index is 504. The molecular weight excluding hydrogens is 256 g/mol. The van der Waals surface area contributed by atoms with Crippen molar-refractivity contribution in [1.29, 1.82) is 0 Å². The van der Waals surface area contributed by atoms with Gasteiger partial charge in [-0.05, 0) is 74.0 Å². The molecule has 0 aromatic heterocycles. The largest absolute Gasteiger partial charge is 0.299 e. The fourth-order valence-corrected chi connectivity index (χ4v) is 6.82. The molecule has 21 heavy (non-hydrogen) atoms. The maximum absolute atomic E-state index is 12.4.